The number of benzene rings is 1. The van der Waals surface area contributed by atoms with E-state index in [1.807, 2.05) is 42.8 Å². The van der Waals surface area contributed by atoms with Crippen LogP contribution in [-0.4, -0.2) is 28.1 Å². The van der Waals surface area contributed by atoms with Crippen molar-refractivity contribution in [2.24, 2.45) is 5.41 Å². The first-order valence-corrected chi connectivity index (χ1v) is 9.13. The molecule has 27 heavy (non-hydrogen) atoms. The lowest BCUT2D eigenvalue weighted by Crippen LogP contribution is -2.25. The SMILES string of the molecule is Cc1nn(Cc2ccccc2Cl)c(C)c1/C=C/C(=O)OCC(=O)C(C)(C)C. The van der Waals surface area contributed by atoms with E-state index in [4.69, 9.17) is 16.3 Å². The number of halogens is 1. The lowest BCUT2D eigenvalue weighted by molar-refractivity contribution is -0.145. The number of ether oxygens (including phenoxy) is 1. The van der Waals surface area contributed by atoms with Crippen molar-refractivity contribution in [1.82, 2.24) is 9.78 Å². The van der Waals surface area contributed by atoms with Crippen LogP contribution >= 0.6 is 11.6 Å². The fourth-order valence-corrected chi connectivity index (χ4v) is 2.64. The Hall–Kier alpha value is -2.40. The van der Waals surface area contributed by atoms with E-state index in [9.17, 15) is 9.59 Å². The second-order valence-electron chi connectivity index (χ2n) is 7.45. The van der Waals surface area contributed by atoms with Crippen LogP contribution in [0, 0.1) is 19.3 Å². The maximum atomic E-state index is 11.9. The Balaban J connectivity index is 2.08. The molecule has 0 radical (unpaired) electrons. The molecule has 144 valence electrons. The number of esters is 1. The van der Waals surface area contributed by atoms with E-state index in [1.54, 1.807) is 26.8 Å². The molecule has 0 unspecified atom stereocenters. The third kappa shape index (κ3) is 5.54. The third-order valence-electron chi connectivity index (χ3n) is 4.28. The van der Waals surface area contributed by atoms with Gasteiger partial charge in [-0.25, -0.2) is 4.79 Å². The number of aryl methyl sites for hydroxylation is 1. The molecule has 0 aliphatic rings. The van der Waals surface area contributed by atoms with Crippen molar-refractivity contribution in [3.63, 3.8) is 0 Å². The predicted octanol–water partition coefficient (Wildman–Crippen LogP) is 4.37. The number of ketones is 1. The molecule has 0 aliphatic carbocycles. The molecular formula is C21H25ClN2O3. The van der Waals surface area contributed by atoms with Crippen LogP contribution in [0.25, 0.3) is 6.08 Å². The summed E-state index contributed by atoms with van der Waals surface area (Å²) < 4.78 is 6.88. The predicted molar refractivity (Wildman–Crippen MR) is 107 cm³/mol. The maximum absolute atomic E-state index is 11.9. The standard InChI is InChI=1S/C21H25ClN2O3/c1-14-17(10-11-20(26)27-13-19(25)21(3,4)5)15(2)24(23-14)12-16-8-6-7-9-18(16)22/h6-11H,12-13H2,1-5H3/b11-10+. The van der Waals surface area contributed by atoms with Crippen molar-refractivity contribution in [3.8, 4) is 0 Å². The molecular weight excluding hydrogens is 364 g/mol. The number of carbonyl (C=O) groups excluding carboxylic acids is 2. The van der Waals surface area contributed by atoms with Crippen LogP contribution in [0.4, 0.5) is 0 Å². The van der Waals surface area contributed by atoms with E-state index in [-0.39, 0.29) is 12.4 Å². The first-order valence-electron chi connectivity index (χ1n) is 8.75. The summed E-state index contributed by atoms with van der Waals surface area (Å²) >= 11 is 6.22. The molecule has 0 atom stereocenters. The summed E-state index contributed by atoms with van der Waals surface area (Å²) in [6.45, 7) is 9.51. The normalized spacial score (nSPS) is 11.8. The van der Waals surface area contributed by atoms with Gasteiger partial charge in [0.25, 0.3) is 0 Å². The number of hydrogen-bond acceptors (Lipinski definition) is 4. The van der Waals surface area contributed by atoms with Crippen LogP contribution in [0.3, 0.4) is 0 Å². The van der Waals surface area contributed by atoms with Crippen LogP contribution in [0.5, 0.6) is 0 Å². The van der Waals surface area contributed by atoms with Crippen molar-refractivity contribution in [2.75, 3.05) is 6.61 Å². The molecule has 0 spiro atoms. The van der Waals surface area contributed by atoms with Gasteiger partial charge in [-0.2, -0.15) is 5.10 Å². The molecule has 5 nitrogen and oxygen atoms in total. The zero-order valence-corrected chi connectivity index (χ0v) is 17.1. The summed E-state index contributed by atoms with van der Waals surface area (Å²) in [5.41, 5.74) is 3.01. The Morgan fingerprint density at radius 1 is 1.22 bits per heavy atom. The Bertz CT molecular complexity index is 876. The van der Waals surface area contributed by atoms with Crippen molar-refractivity contribution in [2.45, 2.75) is 41.2 Å². The van der Waals surface area contributed by atoms with E-state index < -0.39 is 11.4 Å². The smallest absolute Gasteiger partial charge is 0.331 e. The average Bonchev–Trinajstić information content (AvgIpc) is 2.85. The molecule has 0 bridgehead atoms. The van der Waals surface area contributed by atoms with Crippen molar-refractivity contribution < 1.29 is 14.3 Å². The largest absolute Gasteiger partial charge is 0.455 e. The van der Waals surface area contributed by atoms with Crippen LogP contribution < -0.4 is 0 Å². The molecule has 6 heteroatoms. The molecule has 0 N–H and O–H groups in total. The molecule has 0 fully saturated rings. The fraction of sp³-hybridized carbons (Fsp3) is 0.381. The van der Waals surface area contributed by atoms with Gasteiger partial charge in [-0.05, 0) is 31.6 Å². The molecule has 2 aromatic rings. The number of Topliss-reactive ketones (excluding diaryl/α,β-unsaturated/α-hetero) is 1. The van der Waals surface area contributed by atoms with Crippen LogP contribution in [0.1, 0.15) is 43.3 Å². The van der Waals surface area contributed by atoms with Crippen LogP contribution in [0.2, 0.25) is 5.02 Å². The van der Waals surface area contributed by atoms with E-state index >= 15 is 0 Å². The highest BCUT2D eigenvalue weighted by atomic mass is 35.5. The summed E-state index contributed by atoms with van der Waals surface area (Å²) in [6.07, 6.45) is 3.00. The first-order chi connectivity index (χ1) is 12.6. The Labute approximate surface area is 165 Å². The van der Waals surface area contributed by atoms with Crippen molar-refractivity contribution >= 4 is 29.4 Å². The minimum Gasteiger partial charge on any atom is -0.455 e. The fourth-order valence-electron chi connectivity index (χ4n) is 2.45. The molecule has 0 saturated carbocycles. The number of aromatic nitrogens is 2. The van der Waals surface area contributed by atoms with E-state index in [2.05, 4.69) is 5.10 Å². The molecule has 1 aromatic carbocycles. The van der Waals surface area contributed by atoms with Crippen molar-refractivity contribution in [1.29, 1.82) is 0 Å². The summed E-state index contributed by atoms with van der Waals surface area (Å²) in [4.78, 5) is 23.7. The number of rotatable bonds is 6. The van der Waals surface area contributed by atoms with Gasteiger partial charge in [0.05, 0.1) is 12.2 Å². The average molecular weight is 389 g/mol. The lowest BCUT2D eigenvalue weighted by Gasteiger charge is -2.15. The van der Waals surface area contributed by atoms with Gasteiger partial charge in [0.2, 0.25) is 0 Å². The van der Waals surface area contributed by atoms with Crippen molar-refractivity contribution in [3.05, 3.63) is 57.9 Å². The van der Waals surface area contributed by atoms with Gasteiger partial charge in [0.1, 0.15) is 0 Å². The minimum atomic E-state index is -0.551. The van der Waals surface area contributed by atoms with E-state index in [1.165, 1.54) is 6.08 Å². The highest BCUT2D eigenvalue weighted by Crippen LogP contribution is 2.20. The van der Waals surface area contributed by atoms with Gasteiger partial charge in [0, 0.05) is 27.8 Å². The van der Waals surface area contributed by atoms with Gasteiger partial charge in [0.15, 0.2) is 12.4 Å². The number of carbonyl (C=O) groups is 2. The first kappa shape index (κ1) is 20.9. The monoisotopic (exact) mass is 388 g/mol. The highest BCUT2D eigenvalue weighted by Gasteiger charge is 2.22. The lowest BCUT2D eigenvalue weighted by atomic mass is 9.91. The topological polar surface area (TPSA) is 61.2 Å². The highest BCUT2D eigenvalue weighted by molar-refractivity contribution is 6.31. The van der Waals surface area contributed by atoms with Gasteiger partial charge < -0.3 is 4.74 Å². The van der Waals surface area contributed by atoms with Gasteiger partial charge >= 0.3 is 5.97 Å². The van der Waals surface area contributed by atoms with Gasteiger partial charge in [-0.15, -0.1) is 0 Å². The summed E-state index contributed by atoms with van der Waals surface area (Å²) in [6, 6.07) is 7.62. The molecule has 0 aliphatic heterocycles. The summed E-state index contributed by atoms with van der Waals surface area (Å²) in [7, 11) is 0. The third-order valence-corrected chi connectivity index (χ3v) is 4.65. The molecule has 1 aromatic heterocycles. The molecule has 2 rings (SSSR count). The minimum absolute atomic E-state index is 0.121. The van der Waals surface area contributed by atoms with E-state index in [0.29, 0.717) is 11.6 Å². The molecule has 0 saturated heterocycles. The Kier molecular flexibility index (Phi) is 6.60. The van der Waals surface area contributed by atoms with Crippen LogP contribution in [0.15, 0.2) is 30.3 Å². The molecule has 0 amide bonds. The summed E-state index contributed by atoms with van der Waals surface area (Å²) in [5, 5.41) is 5.22. The second kappa shape index (κ2) is 8.53. The zero-order valence-electron chi connectivity index (χ0n) is 16.4. The molecule has 1 heterocycles. The number of hydrogen-bond donors (Lipinski definition) is 0. The van der Waals surface area contributed by atoms with Gasteiger partial charge in [-0.1, -0.05) is 50.6 Å². The number of nitrogens with zero attached hydrogens (tertiary/aromatic N) is 2. The maximum Gasteiger partial charge on any atom is 0.331 e. The summed E-state index contributed by atoms with van der Waals surface area (Å²) in [5.74, 6) is -0.672. The van der Waals surface area contributed by atoms with E-state index in [0.717, 1.165) is 22.5 Å². The Morgan fingerprint density at radius 2 is 1.89 bits per heavy atom. The second-order valence-corrected chi connectivity index (χ2v) is 7.85. The zero-order chi connectivity index (χ0) is 20.2. The van der Waals surface area contributed by atoms with Crippen LogP contribution in [-0.2, 0) is 20.9 Å². The Morgan fingerprint density at radius 3 is 2.52 bits per heavy atom. The quantitative estimate of drug-likeness (QED) is 0.544. The van der Waals surface area contributed by atoms with Gasteiger partial charge in [-0.3, -0.25) is 9.48 Å².